The topological polar surface area (TPSA) is 82.5 Å². The molecule has 0 spiro atoms. The van der Waals surface area contributed by atoms with Gasteiger partial charge >= 0.3 is 0 Å². The SMILES string of the molecule is N=S(N)(=O)N1C=CC=NC1. The second-order valence-corrected chi connectivity index (χ2v) is 3.41. The van der Waals surface area contributed by atoms with E-state index in [9.17, 15) is 4.21 Å². The van der Waals surface area contributed by atoms with Gasteiger partial charge in [0.25, 0.3) is 0 Å². The molecule has 1 heterocycles. The van der Waals surface area contributed by atoms with Crippen LogP contribution >= 0.6 is 0 Å². The van der Waals surface area contributed by atoms with Gasteiger partial charge in [0, 0.05) is 12.4 Å². The van der Waals surface area contributed by atoms with Gasteiger partial charge < -0.3 is 0 Å². The maximum atomic E-state index is 10.8. The molecule has 6 heteroatoms. The molecule has 0 bridgehead atoms. The third kappa shape index (κ3) is 1.55. The molecule has 0 fully saturated rings. The first-order valence-corrected chi connectivity index (χ1v) is 4.18. The molecule has 5 nitrogen and oxygen atoms in total. The summed E-state index contributed by atoms with van der Waals surface area (Å²) in [7, 11) is -3.09. The average Bonchev–Trinajstić information content (AvgIpc) is 1.88. The van der Waals surface area contributed by atoms with Crippen molar-refractivity contribution in [3.8, 4) is 0 Å². The summed E-state index contributed by atoms with van der Waals surface area (Å²) in [6.45, 7) is 0.204. The Hall–Kier alpha value is -0.880. The summed E-state index contributed by atoms with van der Waals surface area (Å²) in [4.78, 5) is 3.76. The smallest absolute Gasteiger partial charge is 0.193 e. The molecule has 0 saturated carbocycles. The van der Waals surface area contributed by atoms with Crippen molar-refractivity contribution in [3.05, 3.63) is 12.3 Å². The molecule has 0 aromatic heterocycles. The van der Waals surface area contributed by atoms with E-state index in [-0.39, 0.29) is 6.67 Å². The van der Waals surface area contributed by atoms with Crippen LogP contribution in [0.2, 0.25) is 0 Å². The highest BCUT2D eigenvalue weighted by Gasteiger charge is 2.07. The number of nitrogens with two attached hydrogens (primary N) is 1. The number of rotatable bonds is 1. The lowest BCUT2D eigenvalue weighted by Crippen LogP contribution is -2.32. The van der Waals surface area contributed by atoms with Crippen molar-refractivity contribution in [2.75, 3.05) is 6.67 Å². The standard InChI is InChI=1S/C4H8N4OS/c5-10(6,9)8-3-1-2-7-4-8/h1-3H,4H2,(H3,5,6,9). The van der Waals surface area contributed by atoms with Crippen LogP contribution < -0.4 is 5.14 Å². The molecule has 1 atom stereocenters. The van der Waals surface area contributed by atoms with Gasteiger partial charge in [0.2, 0.25) is 0 Å². The molecule has 0 aromatic carbocycles. The van der Waals surface area contributed by atoms with Crippen molar-refractivity contribution in [2.24, 2.45) is 10.1 Å². The maximum absolute atomic E-state index is 10.8. The minimum atomic E-state index is -3.09. The molecule has 1 unspecified atom stereocenters. The predicted octanol–water partition coefficient (Wildman–Crippen LogP) is -0.321. The van der Waals surface area contributed by atoms with Crippen LogP contribution in [0.5, 0.6) is 0 Å². The maximum Gasteiger partial charge on any atom is 0.193 e. The summed E-state index contributed by atoms with van der Waals surface area (Å²) in [5.41, 5.74) is 0. The Morgan fingerprint density at radius 1 is 1.80 bits per heavy atom. The van der Waals surface area contributed by atoms with Gasteiger partial charge in [-0.2, -0.15) is 0 Å². The molecule has 0 aromatic rings. The Bertz CT molecular complexity index is 265. The number of aliphatic imine (C=N–C) groups is 1. The predicted molar refractivity (Wildman–Crippen MR) is 39.4 cm³/mol. The van der Waals surface area contributed by atoms with Crippen LogP contribution in [0.25, 0.3) is 0 Å². The summed E-state index contributed by atoms with van der Waals surface area (Å²) in [6, 6.07) is 0. The summed E-state index contributed by atoms with van der Waals surface area (Å²) >= 11 is 0. The van der Waals surface area contributed by atoms with E-state index in [2.05, 4.69) is 4.99 Å². The highest BCUT2D eigenvalue weighted by molar-refractivity contribution is 7.87. The van der Waals surface area contributed by atoms with Crippen LogP contribution in [0.1, 0.15) is 0 Å². The molecule has 3 N–H and O–H groups in total. The van der Waals surface area contributed by atoms with Gasteiger partial charge in [0.1, 0.15) is 6.67 Å². The lowest BCUT2D eigenvalue weighted by molar-refractivity contribution is 0.563. The summed E-state index contributed by atoms with van der Waals surface area (Å²) in [5.74, 6) is 0. The second-order valence-electron chi connectivity index (χ2n) is 1.80. The molecule has 1 rings (SSSR count). The fourth-order valence-electron chi connectivity index (χ4n) is 0.546. The van der Waals surface area contributed by atoms with Crippen LogP contribution in [0.3, 0.4) is 0 Å². The summed E-state index contributed by atoms with van der Waals surface area (Å²) < 4.78 is 18.9. The van der Waals surface area contributed by atoms with E-state index in [0.717, 1.165) is 0 Å². The number of hydrogen-bond acceptors (Lipinski definition) is 3. The van der Waals surface area contributed by atoms with E-state index in [1.54, 1.807) is 12.3 Å². The Balaban J connectivity index is 2.79. The van der Waals surface area contributed by atoms with Crippen molar-refractivity contribution in [2.45, 2.75) is 0 Å². The van der Waals surface area contributed by atoms with Gasteiger partial charge in [0.05, 0.1) is 0 Å². The molecule has 0 radical (unpaired) electrons. The van der Waals surface area contributed by atoms with Crippen molar-refractivity contribution >= 4 is 16.3 Å². The third-order valence-electron chi connectivity index (χ3n) is 1.01. The van der Waals surface area contributed by atoms with Crippen molar-refractivity contribution in [1.82, 2.24) is 4.31 Å². The zero-order chi connectivity index (χ0) is 7.61. The number of nitrogens with zero attached hydrogens (tertiary/aromatic N) is 2. The molecular formula is C4H8N4OS. The Morgan fingerprint density at radius 3 is 2.80 bits per heavy atom. The Labute approximate surface area is 59.5 Å². The quantitative estimate of drug-likeness (QED) is 0.541. The summed E-state index contributed by atoms with van der Waals surface area (Å²) in [5, 5.41) is 5.01. The van der Waals surface area contributed by atoms with Gasteiger partial charge in [-0.1, -0.05) is 0 Å². The second kappa shape index (κ2) is 2.39. The minimum Gasteiger partial charge on any atom is -0.271 e. The van der Waals surface area contributed by atoms with Gasteiger partial charge in [-0.3, -0.25) is 9.30 Å². The molecule has 1 aliphatic rings. The monoisotopic (exact) mass is 160 g/mol. The summed E-state index contributed by atoms with van der Waals surface area (Å²) in [6.07, 6.45) is 4.65. The fraction of sp³-hybridized carbons (Fsp3) is 0.250. The number of hydrogen-bond donors (Lipinski definition) is 2. The van der Waals surface area contributed by atoms with Crippen LogP contribution in [0.4, 0.5) is 0 Å². The van der Waals surface area contributed by atoms with Gasteiger partial charge in [-0.15, -0.1) is 0 Å². The third-order valence-corrected chi connectivity index (χ3v) is 1.95. The van der Waals surface area contributed by atoms with Crippen molar-refractivity contribution in [1.29, 1.82) is 4.78 Å². The first kappa shape index (κ1) is 7.23. The van der Waals surface area contributed by atoms with Crippen LogP contribution in [0, 0.1) is 4.78 Å². The Kier molecular flexibility index (Phi) is 1.73. The number of nitrogens with one attached hydrogen (secondary N) is 1. The average molecular weight is 160 g/mol. The lowest BCUT2D eigenvalue weighted by atomic mass is 10.6. The highest BCUT2D eigenvalue weighted by atomic mass is 32.2. The lowest BCUT2D eigenvalue weighted by Gasteiger charge is -2.18. The normalized spacial score (nSPS) is 22.7. The zero-order valence-corrected chi connectivity index (χ0v) is 6.04. The van der Waals surface area contributed by atoms with Crippen LogP contribution in [-0.4, -0.2) is 21.4 Å². The van der Waals surface area contributed by atoms with Gasteiger partial charge in [-0.05, 0) is 6.08 Å². The van der Waals surface area contributed by atoms with E-state index in [0.29, 0.717) is 0 Å². The van der Waals surface area contributed by atoms with E-state index < -0.39 is 10.1 Å². The zero-order valence-electron chi connectivity index (χ0n) is 5.23. The van der Waals surface area contributed by atoms with E-state index in [1.807, 2.05) is 0 Å². The minimum absolute atomic E-state index is 0.204. The van der Waals surface area contributed by atoms with E-state index in [4.69, 9.17) is 9.92 Å². The first-order chi connectivity index (χ1) is 4.61. The molecule has 0 aliphatic carbocycles. The van der Waals surface area contributed by atoms with Crippen molar-refractivity contribution in [3.63, 3.8) is 0 Å². The van der Waals surface area contributed by atoms with E-state index >= 15 is 0 Å². The highest BCUT2D eigenvalue weighted by Crippen LogP contribution is 1.99. The van der Waals surface area contributed by atoms with Crippen molar-refractivity contribution < 1.29 is 4.21 Å². The van der Waals surface area contributed by atoms with Crippen LogP contribution in [0.15, 0.2) is 17.3 Å². The van der Waals surface area contributed by atoms with Crippen LogP contribution in [-0.2, 0) is 10.1 Å². The molecule has 56 valence electrons. The molecule has 0 amide bonds. The first-order valence-electron chi connectivity index (χ1n) is 2.60. The largest absolute Gasteiger partial charge is 0.271 e. The van der Waals surface area contributed by atoms with Gasteiger partial charge in [0.15, 0.2) is 10.1 Å². The Morgan fingerprint density at radius 2 is 2.50 bits per heavy atom. The molecule has 10 heavy (non-hydrogen) atoms. The van der Waals surface area contributed by atoms with E-state index in [1.165, 1.54) is 10.5 Å². The molecular weight excluding hydrogens is 152 g/mol. The molecule has 1 aliphatic heterocycles. The fourth-order valence-corrected chi connectivity index (χ4v) is 1.04. The van der Waals surface area contributed by atoms with Gasteiger partial charge in [-0.25, -0.2) is 14.1 Å². The number of allylic oxidation sites excluding steroid dienone is 1. The molecule has 0 saturated heterocycles.